The number of alkyl halides is 1. The molecule has 0 radical (unpaired) electrons. The Morgan fingerprint density at radius 2 is 1.57 bits per heavy atom. The summed E-state index contributed by atoms with van der Waals surface area (Å²) in [5.41, 5.74) is 5.47. The number of nitrogens with zero attached hydrogens (tertiary/aromatic N) is 6. The molecule has 3 aromatic carbocycles. The van der Waals surface area contributed by atoms with E-state index in [-0.39, 0.29) is 62.3 Å². The van der Waals surface area contributed by atoms with Crippen LogP contribution >= 0.6 is 11.3 Å². The van der Waals surface area contributed by atoms with Gasteiger partial charge in [0.15, 0.2) is 5.82 Å². The van der Waals surface area contributed by atoms with Gasteiger partial charge in [-0.1, -0.05) is 69.3 Å². The van der Waals surface area contributed by atoms with Gasteiger partial charge in [0.2, 0.25) is 23.5 Å². The minimum absolute atomic E-state index is 0.00242. The number of β-amino-alcohol motifs (C(OH)–C–C–N with tert-alkyl or cyclic N) is 1. The number of ketones is 1. The maximum absolute atomic E-state index is 15.8. The van der Waals surface area contributed by atoms with Gasteiger partial charge in [-0.3, -0.25) is 28.8 Å². The number of aromatic amines is 1. The molecule has 81 heavy (non-hydrogen) atoms. The van der Waals surface area contributed by atoms with Crippen LogP contribution in [0.3, 0.4) is 0 Å². The van der Waals surface area contributed by atoms with E-state index in [1.165, 1.54) is 16.7 Å². The van der Waals surface area contributed by atoms with Crippen LogP contribution in [0.4, 0.5) is 18.9 Å². The molecular weight excluding hydrogens is 1080 g/mol. The number of aryl methyl sites for hydroxylation is 1. The molecule has 4 atom stereocenters. The van der Waals surface area contributed by atoms with Crippen LogP contribution in [-0.4, -0.2) is 154 Å². The largest absolute Gasteiger partial charge is 0.391 e. The number of pyridine rings is 1. The van der Waals surface area contributed by atoms with Crippen molar-refractivity contribution in [1.29, 1.82) is 0 Å². The molecular formula is C59H69F3N10O7S2. The molecule has 6 aromatic rings. The van der Waals surface area contributed by atoms with Crippen LogP contribution in [0.2, 0.25) is 0 Å². The van der Waals surface area contributed by atoms with Crippen molar-refractivity contribution in [2.24, 2.45) is 11.3 Å². The lowest BCUT2D eigenvalue weighted by atomic mass is 9.85. The molecule has 7 heterocycles. The van der Waals surface area contributed by atoms with Gasteiger partial charge in [-0.05, 0) is 123 Å². The molecule has 4 fully saturated rings. The summed E-state index contributed by atoms with van der Waals surface area (Å²) in [6.45, 7) is 11.9. The molecule has 4 aliphatic rings. The standard InChI is InChI=1S/C59H69F3N10O7S2/c1-35-54(80-34-66-35)41-7-5-36(6-8-41)27-65-57(76)49-26-44(73)32-72(49)58(77)55(59(2,3)4)67-50(74)33-70-20-15-37(16-21-70)30-69-22-17-40(18-23-69)38-9-11-39(12-10-38)42-25-45-46(29-64-56(45)63-28-42)53(75)51-47(61)13-14-48(52(51)62)68-81(78,79)71-24-19-43(60)31-71/h5-14,25,28-29,34,37,40,43-44,49,55,68,73H,15-24,26-27,30-33H2,1-4H3,(H,63,64)(H,65,76)(H,67,74)/t43-,44-,49+,55-/m1/s1. The van der Waals surface area contributed by atoms with Crippen molar-refractivity contribution in [3.8, 4) is 21.6 Å². The number of aliphatic hydroxyl groups excluding tert-OH is 1. The Hall–Kier alpha value is -6.56. The first-order valence-corrected chi connectivity index (χ1v) is 30.0. The van der Waals surface area contributed by atoms with Crippen LogP contribution < -0.4 is 15.4 Å². The van der Waals surface area contributed by atoms with E-state index in [4.69, 9.17) is 0 Å². The topological polar surface area (TPSA) is 213 Å². The lowest BCUT2D eigenvalue weighted by Crippen LogP contribution is -2.59. The molecule has 0 spiro atoms. The smallest absolute Gasteiger partial charge is 0.301 e. The lowest BCUT2D eigenvalue weighted by Gasteiger charge is -2.38. The molecule has 5 N–H and O–H groups in total. The highest BCUT2D eigenvalue weighted by Gasteiger charge is 2.45. The summed E-state index contributed by atoms with van der Waals surface area (Å²) < 4.78 is 73.4. The summed E-state index contributed by atoms with van der Waals surface area (Å²) in [6.07, 6.45) is 4.73. The highest BCUT2D eigenvalue weighted by molar-refractivity contribution is 7.90. The summed E-state index contributed by atoms with van der Waals surface area (Å²) in [5, 5.41) is 17.0. The molecule has 10 rings (SSSR count). The van der Waals surface area contributed by atoms with Crippen LogP contribution in [0.25, 0.3) is 32.6 Å². The second-order valence-corrected chi connectivity index (χ2v) is 25.7. The van der Waals surface area contributed by atoms with Gasteiger partial charge in [-0.2, -0.15) is 12.7 Å². The third kappa shape index (κ3) is 13.1. The summed E-state index contributed by atoms with van der Waals surface area (Å²) in [7, 11) is -4.37. The number of anilines is 1. The Morgan fingerprint density at radius 3 is 2.23 bits per heavy atom. The van der Waals surface area contributed by atoms with Gasteiger partial charge in [0.05, 0.1) is 40.0 Å². The Bertz CT molecular complexity index is 3390. The van der Waals surface area contributed by atoms with Gasteiger partial charge in [-0.25, -0.2) is 23.1 Å². The van der Waals surface area contributed by atoms with Crippen LogP contribution in [0.5, 0.6) is 0 Å². The summed E-state index contributed by atoms with van der Waals surface area (Å²) in [5.74, 6) is -3.72. The van der Waals surface area contributed by atoms with Gasteiger partial charge in [0.1, 0.15) is 29.7 Å². The number of aromatic nitrogens is 3. The molecule has 0 bridgehead atoms. The van der Waals surface area contributed by atoms with Crippen molar-refractivity contribution < 1.29 is 45.9 Å². The molecule has 430 valence electrons. The quantitative estimate of drug-likeness (QED) is 0.0562. The van der Waals surface area contributed by atoms with Crippen molar-refractivity contribution >= 4 is 61.8 Å². The number of likely N-dealkylation sites (tertiary alicyclic amines) is 3. The molecule has 3 amide bonds. The number of carbonyl (C=O) groups is 4. The number of H-pyrrole nitrogens is 1. The van der Waals surface area contributed by atoms with E-state index >= 15 is 8.78 Å². The van der Waals surface area contributed by atoms with Gasteiger partial charge in [0.25, 0.3) is 0 Å². The second-order valence-electron chi connectivity index (χ2n) is 23.1. The number of halogens is 3. The summed E-state index contributed by atoms with van der Waals surface area (Å²) in [6, 6.07) is 17.7. The third-order valence-electron chi connectivity index (χ3n) is 16.4. The molecule has 17 nitrogen and oxygen atoms in total. The molecule has 22 heteroatoms. The minimum Gasteiger partial charge on any atom is -0.391 e. The monoisotopic (exact) mass is 1150 g/mol. The fourth-order valence-corrected chi connectivity index (χ4v) is 13.8. The van der Waals surface area contributed by atoms with Crippen LogP contribution in [0, 0.1) is 29.9 Å². The number of aliphatic hydroxyl groups is 1. The van der Waals surface area contributed by atoms with E-state index in [0.717, 1.165) is 102 Å². The fourth-order valence-electron chi connectivity index (χ4n) is 11.7. The Labute approximate surface area is 473 Å². The Balaban J connectivity index is 0.678. The zero-order valence-corrected chi connectivity index (χ0v) is 47.5. The normalized spacial score (nSPS) is 20.4. The van der Waals surface area contributed by atoms with E-state index in [1.807, 2.05) is 74.3 Å². The van der Waals surface area contributed by atoms with Crippen LogP contribution in [0.15, 0.2) is 84.6 Å². The second kappa shape index (κ2) is 24.1. The van der Waals surface area contributed by atoms with Crippen molar-refractivity contribution in [3.63, 3.8) is 0 Å². The maximum atomic E-state index is 15.8. The lowest BCUT2D eigenvalue weighted by molar-refractivity contribution is -0.144. The highest BCUT2D eigenvalue weighted by Crippen LogP contribution is 2.35. The molecule has 4 aliphatic heterocycles. The van der Waals surface area contributed by atoms with Crippen molar-refractivity contribution in [1.82, 2.24) is 44.6 Å². The van der Waals surface area contributed by atoms with Gasteiger partial charge >= 0.3 is 10.2 Å². The number of benzene rings is 3. The van der Waals surface area contributed by atoms with Crippen molar-refractivity contribution in [2.75, 3.05) is 63.6 Å². The molecule has 4 saturated heterocycles. The number of nitrogens with one attached hydrogen (secondary N) is 4. The third-order valence-corrected chi connectivity index (χ3v) is 18.8. The number of piperidine rings is 2. The highest BCUT2D eigenvalue weighted by atomic mass is 32.2. The number of amides is 3. The fraction of sp³-hybridized carbons (Fsp3) is 0.458. The SMILES string of the molecule is Cc1ncsc1-c1ccc(CNC(=O)[C@@H]2C[C@@H](O)CN2C(=O)[C@@H](NC(=O)CN2CCC(CN3CCC(c4ccc(-c5cnc6[nH]cc(C(=O)c7c(F)ccc(NS(=O)(=O)N8CC[C@@H](F)C8)c7F)c6c5)cc4)CC3)CC2)C(C)(C)C)cc1. The molecule has 0 saturated carbocycles. The number of fused-ring (bicyclic) bond motifs is 1. The van der Waals surface area contributed by atoms with Gasteiger partial charge < -0.3 is 30.5 Å². The van der Waals surface area contributed by atoms with E-state index in [0.29, 0.717) is 28.4 Å². The van der Waals surface area contributed by atoms with Crippen LogP contribution in [-0.2, 0) is 31.1 Å². The molecule has 0 unspecified atom stereocenters. The summed E-state index contributed by atoms with van der Waals surface area (Å²) in [4.78, 5) is 74.2. The zero-order valence-electron chi connectivity index (χ0n) is 45.9. The first kappa shape index (κ1) is 57.7. The average Bonchev–Trinajstić information content (AvgIpc) is 4.41. The summed E-state index contributed by atoms with van der Waals surface area (Å²) >= 11 is 1.57. The molecule has 3 aromatic heterocycles. The molecule has 0 aliphatic carbocycles. The Morgan fingerprint density at radius 1 is 0.864 bits per heavy atom. The van der Waals surface area contributed by atoms with Crippen molar-refractivity contribution in [3.05, 3.63) is 124 Å². The first-order valence-electron chi connectivity index (χ1n) is 27.7. The van der Waals surface area contributed by atoms with Gasteiger partial charge in [-0.15, -0.1) is 11.3 Å². The van der Waals surface area contributed by atoms with Crippen molar-refractivity contribution in [2.45, 2.75) is 103 Å². The predicted molar refractivity (Wildman–Crippen MR) is 304 cm³/mol. The van der Waals surface area contributed by atoms with E-state index < -0.39 is 75.2 Å². The number of rotatable bonds is 17. The maximum Gasteiger partial charge on any atom is 0.301 e. The number of hydrogen-bond acceptors (Lipinski definition) is 12. The van der Waals surface area contributed by atoms with Crippen LogP contribution in [0.1, 0.15) is 98.0 Å². The average molecular weight is 1150 g/mol. The van der Waals surface area contributed by atoms with E-state index in [9.17, 15) is 37.1 Å². The predicted octanol–water partition coefficient (Wildman–Crippen LogP) is 7.57. The zero-order chi connectivity index (χ0) is 57.3. The van der Waals surface area contributed by atoms with E-state index in [2.05, 4.69) is 47.5 Å². The van der Waals surface area contributed by atoms with E-state index in [1.54, 1.807) is 23.6 Å². The Kier molecular flexibility index (Phi) is 17.2. The first-order chi connectivity index (χ1) is 38.7. The number of hydrogen-bond donors (Lipinski definition) is 5. The minimum atomic E-state index is -4.37. The van der Waals surface area contributed by atoms with Gasteiger partial charge in [0, 0.05) is 68.1 Å². The number of thiazole rings is 1. The number of carbonyl (C=O) groups excluding carboxylic acids is 4.